The van der Waals surface area contributed by atoms with Gasteiger partial charge in [-0.1, -0.05) is 24.3 Å². The molecule has 0 spiro atoms. The number of aryl methyl sites for hydroxylation is 1. The summed E-state index contributed by atoms with van der Waals surface area (Å²) in [5.74, 6) is 0.893. The van der Waals surface area contributed by atoms with Crippen LogP contribution < -0.4 is 5.32 Å². The van der Waals surface area contributed by atoms with E-state index in [2.05, 4.69) is 51.8 Å². The Morgan fingerprint density at radius 2 is 2.00 bits per heavy atom. The Morgan fingerprint density at radius 3 is 2.58 bits per heavy atom. The van der Waals surface area contributed by atoms with Crippen molar-refractivity contribution < 1.29 is 4.74 Å². The summed E-state index contributed by atoms with van der Waals surface area (Å²) < 4.78 is 5.14. The van der Waals surface area contributed by atoms with Gasteiger partial charge in [0.25, 0.3) is 0 Å². The number of rotatable bonds is 7. The first-order valence-electron chi connectivity index (χ1n) is 8.09. The van der Waals surface area contributed by atoms with Crippen LogP contribution in [0.1, 0.15) is 28.8 Å². The third-order valence-electron chi connectivity index (χ3n) is 3.51. The lowest BCUT2D eigenvalue weighted by atomic mass is 10.1. The second-order valence-electron chi connectivity index (χ2n) is 5.63. The molecule has 0 aliphatic carbocycles. The number of ether oxygens (including phenoxy) is 1. The molecule has 1 aromatic carbocycles. The van der Waals surface area contributed by atoms with E-state index in [9.17, 15) is 0 Å². The average molecular weight is 347 g/mol. The third kappa shape index (κ3) is 5.62. The van der Waals surface area contributed by atoms with Crippen molar-refractivity contribution >= 4 is 17.3 Å². The second-order valence-corrected chi connectivity index (χ2v) is 6.70. The number of hydrogen-bond acceptors (Lipinski definition) is 4. The van der Waals surface area contributed by atoms with E-state index in [0.717, 1.165) is 29.8 Å². The zero-order valence-corrected chi connectivity index (χ0v) is 15.7. The Labute approximate surface area is 148 Å². The first-order chi connectivity index (χ1) is 11.6. The number of guanidine groups is 1. The fourth-order valence-electron chi connectivity index (χ4n) is 2.34. The average Bonchev–Trinajstić information content (AvgIpc) is 2.98. The molecule has 1 heterocycles. The van der Waals surface area contributed by atoms with Gasteiger partial charge < -0.3 is 15.0 Å². The first-order valence-corrected chi connectivity index (χ1v) is 8.97. The van der Waals surface area contributed by atoms with Crippen molar-refractivity contribution in [2.45, 2.75) is 33.5 Å². The quantitative estimate of drug-likeness (QED) is 0.618. The molecule has 6 heteroatoms. The standard InChI is InChI=1S/C18H26N4OS/c1-5-19-18(22(3)11-17-13-24-14(2)21-17)20-10-15-6-8-16(9-7-15)12-23-4/h6-9,13H,5,10-12H2,1-4H3,(H,19,20). The van der Waals surface area contributed by atoms with E-state index < -0.39 is 0 Å². The van der Waals surface area contributed by atoms with Gasteiger partial charge in [0, 0.05) is 26.1 Å². The van der Waals surface area contributed by atoms with Crippen molar-refractivity contribution in [1.29, 1.82) is 0 Å². The highest BCUT2D eigenvalue weighted by Crippen LogP contribution is 2.11. The van der Waals surface area contributed by atoms with Crippen molar-refractivity contribution in [3.63, 3.8) is 0 Å². The van der Waals surface area contributed by atoms with Gasteiger partial charge in [-0.15, -0.1) is 11.3 Å². The number of benzene rings is 1. The Bertz CT molecular complexity index is 651. The summed E-state index contributed by atoms with van der Waals surface area (Å²) in [7, 11) is 3.75. The van der Waals surface area contributed by atoms with Crippen LogP contribution in [0.25, 0.3) is 0 Å². The predicted molar refractivity (Wildman–Crippen MR) is 100 cm³/mol. The zero-order chi connectivity index (χ0) is 17.4. The van der Waals surface area contributed by atoms with Crippen LogP contribution >= 0.6 is 11.3 Å². The summed E-state index contributed by atoms with van der Waals surface area (Å²) in [4.78, 5) is 11.4. The SMILES string of the molecule is CCNC(=NCc1ccc(COC)cc1)N(C)Cc1csc(C)n1. The molecule has 2 aromatic rings. The molecular formula is C18H26N4OS. The minimum absolute atomic E-state index is 0.641. The number of aromatic nitrogens is 1. The lowest BCUT2D eigenvalue weighted by Crippen LogP contribution is -2.38. The Kier molecular flexibility index (Phi) is 7.21. The summed E-state index contributed by atoms with van der Waals surface area (Å²) >= 11 is 1.68. The minimum Gasteiger partial charge on any atom is -0.380 e. The van der Waals surface area contributed by atoms with E-state index in [-0.39, 0.29) is 0 Å². The minimum atomic E-state index is 0.641. The molecule has 2 rings (SSSR count). The molecule has 0 fully saturated rings. The maximum atomic E-state index is 5.14. The monoisotopic (exact) mass is 346 g/mol. The van der Waals surface area contributed by atoms with Crippen LogP contribution in [0.5, 0.6) is 0 Å². The van der Waals surface area contributed by atoms with Gasteiger partial charge in [0.15, 0.2) is 5.96 Å². The molecular weight excluding hydrogens is 320 g/mol. The van der Waals surface area contributed by atoms with Crippen LogP contribution in [0, 0.1) is 6.92 Å². The van der Waals surface area contributed by atoms with Gasteiger partial charge in [0.05, 0.1) is 30.4 Å². The number of thiazole rings is 1. The Hall–Kier alpha value is -1.92. The summed E-state index contributed by atoms with van der Waals surface area (Å²) in [6.07, 6.45) is 0. The Balaban J connectivity index is 2.00. The van der Waals surface area contributed by atoms with Gasteiger partial charge in [-0.2, -0.15) is 0 Å². The van der Waals surface area contributed by atoms with Gasteiger partial charge in [-0.25, -0.2) is 9.98 Å². The van der Waals surface area contributed by atoms with Crippen LogP contribution in [0.15, 0.2) is 34.6 Å². The largest absolute Gasteiger partial charge is 0.380 e. The molecule has 0 unspecified atom stereocenters. The van der Waals surface area contributed by atoms with Crippen LogP contribution in [-0.2, 0) is 24.4 Å². The normalized spacial score (nSPS) is 11.6. The van der Waals surface area contributed by atoms with E-state index >= 15 is 0 Å². The summed E-state index contributed by atoms with van der Waals surface area (Å²) in [6, 6.07) is 8.38. The molecule has 0 saturated carbocycles. The van der Waals surface area contributed by atoms with Crippen molar-refractivity contribution in [2.75, 3.05) is 20.7 Å². The van der Waals surface area contributed by atoms with E-state index in [4.69, 9.17) is 9.73 Å². The predicted octanol–water partition coefficient (Wildman–Crippen LogP) is 3.20. The van der Waals surface area contributed by atoms with Crippen LogP contribution in [-0.4, -0.2) is 36.5 Å². The van der Waals surface area contributed by atoms with Crippen LogP contribution in [0.2, 0.25) is 0 Å². The van der Waals surface area contributed by atoms with Gasteiger partial charge >= 0.3 is 0 Å². The van der Waals surface area contributed by atoms with E-state index in [1.165, 1.54) is 11.1 Å². The third-order valence-corrected chi connectivity index (χ3v) is 4.33. The topological polar surface area (TPSA) is 49.8 Å². The van der Waals surface area contributed by atoms with Gasteiger partial charge in [0.2, 0.25) is 0 Å². The number of nitrogens with one attached hydrogen (secondary N) is 1. The molecule has 5 nitrogen and oxygen atoms in total. The number of methoxy groups -OCH3 is 1. The molecule has 0 radical (unpaired) electrons. The molecule has 0 aliphatic rings. The molecule has 0 amide bonds. The highest BCUT2D eigenvalue weighted by molar-refractivity contribution is 7.09. The van der Waals surface area contributed by atoms with Crippen molar-refractivity contribution in [2.24, 2.45) is 4.99 Å². The molecule has 0 saturated heterocycles. The van der Waals surface area contributed by atoms with Crippen molar-refractivity contribution in [3.05, 3.63) is 51.5 Å². The van der Waals surface area contributed by atoms with Crippen LogP contribution in [0.3, 0.4) is 0 Å². The fraction of sp³-hybridized carbons (Fsp3) is 0.444. The van der Waals surface area contributed by atoms with Gasteiger partial charge in [-0.3, -0.25) is 0 Å². The molecule has 130 valence electrons. The summed E-state index contributed by atoms with van der Waals surface area (Å²) in [6.45, 7) is 6.99. The maximum absolute atomic E-state index is 5.14. The second kappa shape index (κ2) is 9.39. The number of hydrogen-bond donors (Lipinski definition) is 1. The van der Waals surface area contributed by atoms with Gasteiger partial charge in [0.1, 0.15) is 0 Å². The zero-order valence-electron chi connectivity index (χ0n) is 14.9. The maximum Gasteiger partial charge on any atom is 0.194 e. The lowest BCUT2D eigenvalue weighted by Gasteiger charge is -2.21. The fourth-order valence-corrected chi connectivity index (χ4v) is 2.95. The summed E-state index contributed by atoms with van der Waals surface area (Å²) in [5, 5.41) is 6.54. The summed E-state index contributed by atoms with van der Waals surface area (Å²) in [5.41, 5.74) is 3.44. The van der Waals surface area contributed by atoms with Crippen molar-refractivity contribution in [1.82, 2.24) is 15.2 Å². The van der Waals surface area contributed by atoms with E-state index in [1.54, 1.807) is 18.4 Å². The smallest absolute Gasteiger partial charge is 0.194 e. The number of nitrogens with zero attached hydrogens (tertiary/aromatic N) is 3. The number of aliphatic imine (C=N–C) groups is 1. The van der Waals surface area contributed by atoms with Crippen LogP contribution in [0.4, 0.5) is 0 Å². The molecule has 1 N–H and O–H groups in total. The molecule has 0 bridgehead atoms. The van der Waals surface area contributed by atoms with Gasteiger partial charge in [-0.05, 0) is 25.0 Å². The molecule has 1 aromatic heterocycles. The highest BCUT2D eigenvalue weighted by Gasteiger charge is 2.08. The molecule has 24 heavy (non-hydrogen) atoms. The van der Waals surface area contributed by atoms with Crippen molar-refractivity contribution in [3.8, 4) is 0 Å². The molecule has 0 aliphatic heterocycles. The highest BCUT2D eigenvalue weighted by atomic mass is 32.1. The van der Waals surface area contributed by atoms with E-state index in [1.807, 2.05) is 14.0 Å². The Morgan fingerprint density at radius 1 is 1.29 bits per heavy atom. The van der Waals surface area contributed by atoms with E-state index in [0.29, 0.717) is 13.2 Å². The lowest BCUT2D eigenvalue weighted by molar-refractivity contribution is 0.185. The molecule has 0 atom stereocenters. The first kappa shape index (κ1) is 18.4.